The van der Waals surface area contributed by atoms with Crippen LogP contribution in [0.5, 0.6) is 0 Å². The van der Waals surface area contributed by atoms with E-state index in [4.69, 9.17) is 5.11 Å². The number of pyridine rings is 1. The highest BCUT2D eigenvalue weighted by atomic mass is 16.4. The van der Waals surface area contributed by atoms with Crippen molar-refractivity contribution in [3.05, 3.63) is 59.8 Å². The average Bonchev–Trinajstić information content (AvgIpc) is 2.57. The van der Waals surface area contributed by atoms with E-state index < -0.39 is 5.97 Å². The Morgan fingerprint density at radius 2 is 1.86 bits per heavy atom. The third kappa shape index (κ3) is 3.45. The summed E-state index contributed by atoms with van der Waals surface area (Å²) in [5.41, 5.74) is 1.65. The molecule has 114 valence electrons. The number of rotatable bonds is 4. The van der Waals surface area contributed by atoms with Crippen LogP contribution in [0.4, 0.5) is 5.82 Å². The molecule has 0 spiro atoms. The van der Waals surface area contributed by atoms with Crippen molar-refractivity contribution >= 4 is 11.8 Å². The Morgan fingerprint density at radius 3 is 2.45 bits per heavy atom. The molecule has 0 saturated carbocycles. The van der Waals surface area contributed by atoms with Gasteiger partial charge in [-0.05, 0) is 42.9 Å². The van der Waals surface area contributed by atoms with Crippen LogP contribution in [0.1, 0.15) is 28.8 Å². The normalized spacial score (nSPS) is 15.7. The van der Waals surface area contributed by atoms with Crippen molar-refractivity contribution in [3.63, 3.8) is 0 Å². The lowest BCUT2D eigenvalue weighted by molar-refractivity contribution is 0.0696. The van der Waals surface area contributed by atoms with Gasteiger partial charge in [0.05, 0.1) is 5.56 Å². The summed E-state index contributed by atoms with van der Waals surface area (Å²) in [6.07, 6.45) is 4.88. The summed E-state index contributed by atoms with van der Waals surface area (Å²) >= 11 is 0. The van der Waals surface area contributed by atoms with Gasteiger partial charge in [-0.25, -0.2) is 9.78 Å². The lowest BCUT2D eigenvalue weighted by Crippen LogP contribution is -2.34. The molecule has 2 heterocycles. The van der Waals surface area contributed by atoms with Crippen LogP contribution in [0.3, 0.4) is 0 Å². The first-order valence-corrected chi connectivity index (χ1v) is 7.70. The van der Waals surface area contributed by atoms with Gasteiger partial charge in [0.1, 0.15) is 5.82 Å². The van der Waals surface area contributed by atoms with Crippen LogP contribution >= 0.6 is 0 Å². The van der Waals surface area contributed by atoms with Gasteiger partial charge in [-0.1, -0.05) is 30.3 Å². The molecule has 0 aliphatic carbocycles. The second-order valence-electron chi connectivity index (χ2n) is 5.83. The smallest absolute Gasteiger partial charge is 0.337 e. The number of hydrogen-bond donors (Lipinski definition) is 1. The molecule has 2 aromatic rings. The molecular formula is C18H20N2O2. The molecule has 1 aromatic heterocycles. The van der Waals surface area contributed by atoms with Crippen LogP contribution < -0.4 is 4.90 Å². The van der Waals surface area contributed by atoms with Crippen LogP contribution in [0.25, 0.3) is 0 Å². The van der Waals surface area contributed by atoms with Gasteiger partial charge in [-0.2, -0.15) is 0 Å². The molecule has 0 unspecified atom stereocenters. The summed E-state index contributed by atoms with van der Waals surface area (Å²) in [7, 11) is 0. The predicted molar refractivity (Wildman–Crippen MR) is 86.3 cm³/mol. The Kier molecular flexibility index (Phi) is 4.37. The zero-order chi connectivity index (χ0) is 15.4. The summed E-state index contributed by atoms with van der Waals surface area (Å²) in [6, 6.07) is 14.1. The molecule has 1 saturated heterocycles. The van der Waals surface area contributed by atoms with Crippen molar-refractivity contribution in [1.29, 1.82) is 0 Å². The second-order valence-corrected chi connectivity index (χ2v) is 5.83. The molecule has 0 amide bonds. The zero-order valence-electron chi connectivity index (χ0n) is 12.5. The molecule has 0 atom stereocenters. The highest BCUT2D eigenvalue weighted by Gasteiger charge is 2.20. The molecule has 4 heteroatoms. The van der Waals surface area contributed by atoms with Crippen molar-refractivity contribution in [2.75, 3.05) is 18.0 Å². The number of carboxylic acids is 1. The molecular weight excluding hydrogens is 276 g/mol. The van der Waals surface area contributed by atoms with E-state index in [0.717, 1.165) is 44.1 Å². The summed E-state index contributed by atoms with van der Waals surface area (Å²) in [4.78, 5) is 17.4. The fraction of sp³-hybridized carbons (Fsp3) is 0.333. The fourth-order valence-corrected chi connectivity index (χ4v) is 3.01. The maximum Gasteiger partial charge on any atom is 0.337 e. The third-order valence-electron chi connectivity index (χ3n) is 4.30. The van der Waals surface area contributed by atoms with Crippen molar-refractivity contribution in [3.8, 4) is 0 Å². The first-order chi connectivity index (χ1) is 10.7. The lowest BCUT2D eigenvalue weighted by atomic mass is 9.90. The summed E-state index contributed by atoms with van der Waals surface area (Å²) in [5, 5.41) is 8.91. The second kappa shape index (κ2) is 6.60. The third-order valence-corrected chi connectivity index (χ3v) is 4.30. The Hall–Kier alpha value is -2.36. The number of benzene rings is 1. The SMILES string of the molecule is O=C(O)c1ccc(N2CCC(Cc3ccccc3)CC2)nc1. The van der Waals surface area contributed by atoms with Gasteiger partial charge in [-0.3, -0.25) is 0 Å². The van der Waals surface area contributed by atoms with Crippen LogP contribution in [-0.2, 0) is 6.42 Å². The summed E-state index contributed by atoms with van der Waals surface area (Å²) in [6.45, 7) is 1.97. The van der Waals surface area contributed by atoms with E-state index in [9.17, 15) is 4.79 Å². The van der Waals surface area contributed by atoms with E-state index >= 15 is 0 Å². The van der Waals surface area contributed by atoms with E-state index in [1.807, 2.05) is 0 Å². The number of hydrogen-bond acceptors (Lipinski definition) is 3. The van der Waals surface area contributed by atoms with Crippen LogP contribution in [0, 0.1) is 5.92 Å². The molecule has 0 bridgehead atoms. The van der Waals surface area contributed by atoms with Gasteiger partial charge < -0.3 is 10.0 Å². The Bertz CT molecular complexity index is 617. The number of anilines is 1. The van der Waals surface area contributed by atoms with E-state index in [1.165, 1.54) is 11.8 Å². The molecule has 4 nitrogen and oxygen atoms in total. The van der Waals surface area contributed by atoms with E-state index in [2.05, 4.69) is 40.2 Å². The minimum atomic E-state index is -0.930. The number of piperidine rings is 1. The molecule has 22 heavy (non-hydrogen) atoms. The highest BCUT2D eigenvalue weighted by molar-refractivity contribution is 5.87. The molecule has 1 aromatic carbocycles. The highest BCUT2D eigenvalue weighted by Crippen LogP contribution is 2.24. The van der Waals surface area contributed by atoms with Gasteiger partial charge in [0.15, 0.2) is 0 Å². The molecule has 1 N–H and O–H groups in total. The number of carboxylic acid groups (broad SMARTS) is 1. The molecule has 0 radical (unpaired) electrons. The van der Waals surface area contributed by atoms with Crippen molar-refractivity contribution in [1.82, 2.24) is 4.98 Å². The average molecular weight is 296 g/mol. The minimum Gasteiger partial charge on any atom is -0.478 e. The molecule has 1 aliphatic rings. The topological polar surface area (TPSA) is 53.4 Å². The van der Waals surface area contributed by atoms with Gasteiger partial charge in [0.2, 0.25) is 0 Å². The first kappa shape index (κ1) is 14.6. The number of aromatic carboxylic acids is 1. The molecule has 1 fully saturated rings. The monoisotopic (exact) mass is 296 g/mol. The fourth-order valence-electron chi connectivity index (χ4n) is 3.01. The predicted octanol–water partition coefficient (Wildman–Crippen LogP) is 3.24. The maximum absolute atomic E-state index is 10.9. The van der Waals surface area contributed by atoms with Crippen molar-refractivity contribution in [2.24, 2.45) is 5.92 Å². The maximum atomic E-state index is 10.9. The van der Waals surface area contributed by atoms with Gasteiger partial charge in [0, 0.05) is 19.3 Å². The van der Waals surface area contributed by atoms with Gasteiger partial charge in [-0.15, -0.1) is 0 Å². The molecule has 3 rings (SSSR count). The lowest BCUT2D eigenvalue weighted by Gasteiger charge is -2.33. The van der Waals surface area contributed by atoms with E-state index in [-0.39, 0.29) is 5.56 Å². The Morgan fingerprint density at radius 1 is 1.14 bits per heavy atom. The summed E-state index contributed by atoms with van der Waals surface area (Å²) < 4.78 is 0. The Balaban J connectivity index is 1.56. The number of aromatic nitrogens is 1. The van der Waals surface area contributed by atoms with Crippen LogP contribution in [-0.4, -0.2) is 29.1 Å². The van der Waals surface area contributed by atoms with Gasteiger partial charge in [0.25, 0.3) is 0 Å². The standard InChI is InChI=1S/C18H20N2O2/c21-18(22)16-6-7-17(19-13-16)20-10-8-15(9-11-20)12-14-4-2-1-3-5-14/h1-7,13,15H,8-12H2,(H,21,22). The van der Waals surface area contributed by atoms with E-state index in [1.54, 1.807) is 12.1 Å². The van der Waals surface area contributed by atoms with Crippen LogP contribution in [0.2, 0.25) is 0 Å². The minimum absolute atomic E-state index is 0.239. The summed E-state index contributed by atoms with van der Waals surface area (Å²) in [5.74, 6) is 0.667. The van der Waals surface area contributed by atoms with Crippen LogP contribution in [0.15, 0.2) is 48.7 Å². The van der Waals surface area contributed by atoms with E-state index in [0.29, 0.717) is 0 Å². The largest absolute Gasteiger partial charge is 0.478 e. The quantitative estimate of drug-likeness (QED) is 0.941. The van der Waals surface area contributed by atoms with Crippen molar-refractivity contribution in [2.45, 2.75) is 19.3 Å². The number of nitrogens with zero attached hydrogens (tertiary/aromatic N) is 2. The van der Waals surface area contributed by atoms with Crippen molar-refractivity contribution < 1.29 is 9.90 Å². The number of carbonyl (C=O) groups is 1. The zero-order valence-corrected chi connectivity index (χ0v) is 12.5. The first-order valence-electron chi connectivity index (χ1n) is 7.70. The Labute approximate surface area is 130 Å². The van der Waals surface area contributed by atoms with Gasteiger partial charge >= 0.3 is 5.97 Å². The molecule has 1 aliphatic heterocycles.